The first-order valence-electron chi connectivity index (χ1n) is 8.97. The van der Waals surface area contributed by atoms with E-state index in [1.807, 2.05) is 12.1 Å². The van der Waals surface area contributed by atoms with Gasteiger partial charge >= 0.3 is 0 Å². The summed E-state index contributed by atoms with van der Waals surface area (Å²) in [5.41, 5.74) is 3.83. The number of amides is 1. The van der Waals surface area contributed by atoms with Crippen molar-refractivity contribution >= 4 is 17.4 Å². The molecule has 0 radical (unpaired) electrons. The fourth-order valence-electron chi connectivity index (χ4n) is 3.46. The van der Waals surface area contributed by atoms with Crippen molar-refractivity contribution in [2.45, 2.75) is 25.9 Å². The molecule has 1 aliphatic rings. The number of fused-ring (bicyclic) bond motifs is 1. The monoisotopic (exact) mass is 361 g/mol. The van der Waals surface area contributed by atoms with Gasteiger partial charge in [0.1, 0.15) is 11.6 Å². The third-order valence-corrected chi connectivity index (χ3v) is 4.83. The number of nitrogens with zero attached hydrogens (tertiary/aromatic N) is 2. The summed E-state index contributed by atoms with van der Waals surface area (Å²) >= 11 is 0. The topological polar surface area (TPSA) is 45.2 Å². The fraction of sp³-hybridized carbons (Fsp3) is 0.182. The molecule has 0 aliphatic carbocycles. The number of hydrogen-bond acceptors (Lipinski definition) is 3. The maximum Gasteiger partial charge on any atom is 0.253 e. The Morgan fingerprint density at radius 3 is 2.67 bits per heavy atom. The summed E-state index contributed by atoms with van der Waals surface area (Å²) in [6, 6.07) is 18.4. The third-order valence-electron chi connectivity index (χ3n) is 4.83. The van der Waals surface area contributed by atoms with Gasteiger partial charge in [-0.05, 0) is 54.8 Å². The zero-order chi connectivity index (χ0) is 18.8. The molecule has 4 nitrogen and oxygen atoms in total. The smallest absolute Gasteiger partial charge is 0.253 e. The van der Waals surface area contributed by atoms with Crippen molar-refractivity contribution in [2.75, 3.05) is 4.90 Å². The van der Waals surface area contributed by atoms with Crippen LogP contribution in [0.5, 0.6) is 0 Å². The van der Waals surface area contributed by atoms with Gasteiger partial charge in [-0.15, -0.1) is 0 Å². The summed E-state index contributed by atoms with van der Waals surface area (Å²) in [5.74, 6) is 0.346. The molecular weight excluding hydrogens is 341 g/mol. The highest BCUT2D eigenvalue weighted by Crippen LogP contribution is 2.36. The van der Waals surface area contributed by atoms with E-state index < -0.39 is 0 Å². The summed E-state index contributed by atoms with van der Waals surface area (Å²) < 4.78 is 12.9. The number of anilines is 2. The van der Waals surface area contributed by atoms with E-state index >= 15 is 0 Å². The van der Waals surface area contributed by atoms with Crippen LogP contribution in [0, 0.1) is 5.82 Å². The van der Waals surface area contributed by atoms with Crippen molar-refractivity contribution in [2.24, 2.45) is 0 Å². The number of nitrogens with one attached hydrogen (secondary N) is 1. The predicted octanol–water partition coefficient (Wildman–Crippen LogP) is 4.23. The van der Waals surface area contributed by atoms with Gasteiger partial charge in [-0.1, -0.05) is 30.3 Å². The highest BCUT2D eigenvalue weighted by Gasteiger charge is 2.27. The highest BCUT2D eigenvalue weighted by molar-refractivity contribution is 5.94. The first kappa shape index (κ1) is 17.2. The highest BCUT2D eigenvalue weighted by atomic mass is 19.1. The Hall–Kier alpha value is -3.21. The van der Waals surface area contributed by atoms with Crippen LogP contribution in [0.4, 0.5) is 15.9 Å². The van der Waals surface area contributed by atoms with Gasteiger partial charge in [0.2, 0.25) is 0 Å². The van der Waals surface area contributed by atoms with Gasteiger partial charge in [-0.3, -0.25) is 4.79 Å². The number of carbonyl (C=O) groups excluding carboxylic acids is 1. The zero-order valence-electron chi connectivity index (χ0n) is 15.0. The molecule has 5 heteroatoms. The van der Waals surface area contributed by atoms with Crippen molar-refractivity contribution in [1.29, 1.82) is 0 Å². The minimum absolute atomic E-state index is 0.201. The van der Waals surface area contributed by atoms with E-state index in [1.54, 1.807) is 24.4 Å². The fourth-order valence-corrected chi connectivity index (χ4v) is 3.46. The Bertz CT molecular complexity index is 954. The van der Waals surface area contributed by atoms with Gasteiger partial charge in [0.25, 0.3) is 5.91 Å². The number of pyridine rings is 1. The normalized spacial score (nSPS) is 15.5. The third kappa shape index (κ3) is 3.53. The molecule has 136 valence electrons. The van der Waals surface area contributed by atoms with Crippen LogP contribution in [0.2, 0.25) is 0 Å². The van der Waals surface area contributed by atoms with Crippen LogP contribution in [0.25, 0.3) is 0 Å². The van der Waals surface area contributed by atoms with Gasteiger partial charge in [0.15, 0.2) is 0 Å². The van der Waals surface area contributed by atoms with Gasteiger partial charge in [-0.2, -0.15) is 0 Å². The molecule has 0 saturated heterocycles. The molecule has 1 aliphatic heterocycles. The zero-order valence-corrected chi connectivity index (χ0v) is 15.0. The summed E-state index contributed by atoms with van der Waals surface area (Å²) in [6.07, 6.45) is 2.58. The summed E-state index contributed by atoms with van der Waals surface area (Å²) in [6.45, 7) is 2.52. The molecule has 27 heavy (non-hydrogen) atoms. The van der Waals surface area contributed by atoms with Gasteiger partial charge in [-0.25, -0.2) is 9.37 Å². The van der Waals surface area contributed by atoms with Crippen LogP contribution in [0.15, 0.2) is 66.9 Å². The van der Waals surface area contributed by atoms with Crippen molar-refractivity contribution in [1.82, 2.24) is 10.3 Å². The average Bonchev–Trinajstić information content (AvgIpc) is 3.03. The second-order valence-corrected chi connectivity index (χ2v) is 6.77. The van der Waals surface area contributed by atoms with E-state index in [0.717, 1.165) is 17.8 Å². The molecule has 1 N–H and O–H groups in total. The maximum absolute atomic E-state index is 12.9. The van der Waals surface area contributed by atoms with Gasteiger partial charge in [0.05, 0.1) is 5.56 Å². The van der Waals surface area contributed by atoms with Crippen molar-refractivity contribution < 1.29 is 9.18 Å². The van der Waals surface area contributed by atoms with Crippen LogP contribution in [0.3, 0.4) is 0 Å². The molecule has 0 fully saturated rings. The second kappa shape index (κ2) is 7.19. The van der Waals surface area contributed by atoms with E-state index in [-0.39, 0.29) is 11.7 Å². The van der Waals surface area contributed by atoms with Crippen LogP contribution >= 0.6 is 0 Å². The van der Waals surface area contributed by atoms with Crippen LogP contribution in [0.1, 0.15) is 28.4 Å². The molecule has 3 aromatic rings. The Labute approximate surface area is 157 Å². The molecule has 2 heterocycles. The van der Waals surface area contributed by atoms with Gasteiger partial charge in [0, 0.05) is 24.5 Å². The number of carbonyl (C=O) groups is 1. The minimum Gasteiger partial charge on any atom is -0.348 e. The molecule has 2 aromatic carbocycles. The SMILES string of the molecule is CC1Cc2ccccc2N1c1ccc(C(=O)NCc2ccc(F)cc2)cn1. The predicted molar refractivity (Wildman–Crippen MR) is 104 cm³/mol. The number of aromatic nitrogens is 1. The largest absolute Gasteiger partial charge is 0.348 e. The Balaban J connectivity index is 1.46. The summed E-state index contributed by atoms with van der Waals surface area (Å²) in [4.78, 5) is 19.1. The molecule has 1 atom stereocenters. The second-order valence-electron chi connectivity index (χ2n) is 6.77. The molecule has 0 saturated carbocycles. The number of rotatable bonds is 4. The lowest BCUT2D eigenvalue weighted by atomic mass is 10.1. The van der Waals surface area contributed by atoms with Crippen molar-refractivity contribution in [3.63, 3.8) is 0 Å². The minimum atomic E-state index is -0.289. The number of halogens is 1. The van der Waals surface area contributed by atoms with E-state index in [4.69, 9.17) is 0 Å². The molecule has 1 unspecified atom stereocenters. The summed E-state index contributed by atoms with van der Waals surface area (Å²) in [7, 11) is 0. The summed E-state index contributed by atoms with van der Waals surface area (Å²) in [5, 5.41) is 2.83. The standard InChI is InChI=1S/C22H20FN3O/c1-15-12-17-4-2-3-5-20(17)26(15)21-11-8-18(14-24-21)22(27)25-13-16-6-9-19(23)10-7-16/h2-11,14-15H,12-13H2,1H3,(H,25,27). The van der Waals surface area contributed by atoms with Crippen LogP contribution in [-0.2, 0) is 13.0 Å². The quantitative estimate of drug-likeness (QED) is 0.756. The molecule has 1 aromatic heterocycles. The maximum atomic E-state index is 12.9. The number of benzene rings is 2. The van der Waals surface area contributed by atoms with Gasteiger partial charge < -0.3 is 10.2 Å². The van der Waals surface area contributed by atoms with Crippen molar-refractivity contribution in [3.05, 3.63) is 89.4 Å². The lowest BCUT2D eigenvalue weighted by molar-refractivity contribution is 0.0950. The lowest BCUT2D eigenvalue weighted by Gasteiger charge is -2.23. The van der Waals surface area contributed by atoms with E-state index in [0.29, 0.717) is 18.2 Å². The number of hydrogen-bond donors (Lipinski definition) is 1. The molecule has 1 amide bonds. The Morgan fingerprint density at radius 1 is 1.15 bits per heavy atom. The Morgan fingerprint density at radius 2 is 1.93 bits per heavy atom. The van der Waals surface area contributed by atoms with Crippen LogP contribution < -0.4 is 10.2 Å². The molecule has 0 bridgehead atoms. The molecule has 4 rings (SSSR count). The van der Waals surface area contributed by atoms with E-state index in [2.05, 4.69) is 40.3 Å². The first-order chi connectivity index (χ1) is 13.1. The van der Waals surface area contributed by atoms with E-state index in [1.165, 1.54) is 23.4 Å². The average molecular weight is 361 g/mol. The van der Waals surface area contributed by atoms with Crippen molar-refractivity contribution in [3.8, 4) is 0 Å². The van der Waals surface area contributed by atoms with E-state index in [9.17, 15) is 9.18 Å². The number of para-hydroxylation sites is 1. The first-order valence-corrected chi connectivity index (χ1v) is 8.97. The Kier molecular flexibility index (Phi) is 4.59. The lowest BCUT2D eigenvalue weighted by Crippen LogP contribution is -2.26. The molecular formula is C22H20FN3O. The van der Waals surface area contributed by atoms with Crippen LogP contribution in [-0.4, -0.2) is 16.9 Å². The molecule has 0 spiro atoms.